The molecule has 1 aromatic rings. The minimum atomic E-state index is -0.643. The lowest BCUT2D eigenvalue weighted by molar-refractivity contribution is 0.0483. The molecule has 1 atom stereocenters. The molecule has 0 bridgehead atoms. The number of halogens is 1. The normalized spacial score (nSPS) is 12.4. The second-order valence-electron chi connectivity index (χ2n) is 5.66. The van der Waals surface area contributed by atoms with Crippen molar-refractivity contribution in [2.24, 2.45) is 0 Å². The highest BCUT2D eigenvalue weighted by Crippen LogP contribution is 2.12. The van der Waals surface area contributed by atoms with Crippen molar-refractivity contribution >= 4 is 6.09 Å². The van der Waals surface area contributed by atoms with Crippen molar-refractivity contribution in [1.82, 2.24) is 5.32 Å². The van der Waals surface area contributed by atoms with Gasteiger partial charge in [0.2, 0.25) is 0 Å². The first kappa shape index (κ1) is 16.9. The van der Waals surface area contributed by atoms with E-state index in [-0.39, 0.29) is 18.6 Å². The Morgan fingerprint density at radius 1 is 1.52 bits per heavy atom. The van der Waals surface area contributed by atoms with Crippen molar-refractivity contribution < 1.29 is 19.0 Å². The second kappa shape index (κ2) is 7.04. The number of hydrogen-bond acceptors (Lipinski definition) is 4. The SMILES string of the molecule is CC(C)(C)OC(=O)N[C@H](CO)Cc1ccc(C#N)c(F)c1. The van der Waals surface area contributed by atoms with Crippen LogP contribution >= 0.6 is 0 Å². The van der Waals surface area contributed by atoms with E-state index in [4.69, 9.17) is 10.00 Å². The van der Waals surface area contributed by atoms with Gasteiger partial charge in [-0.1, -0.05) is 6.07 Å². The lowest BCUT2D eigenvalue weighted by Gasteiger charge is -2.22. The molecule has 21 heavy (non-hydrogen) atoms. The van der Waals surface area contributed by atoms with E-state index in [1.807, 2.05) is 0 Å². The number of hydrogen-bond donors (Lipinski definition) is 2. The molecule has 0 aliphatic rings. The van der Waals surface area contributed by atoms with Crippen molar-refractivity contribution in [2.75, 3.05) is 6.61 Å². The van der Waals surface area contributed by atoms with Gasteiger partial charge in [-0.15, -0.1) is 0 Å². The van der Waals surface area contributed by atoms with Crippen LogP contribution in [0.2, 0.25) is 0 Å². The van der Waals surface area contributed by atoms with Crippen molar-refractivity contribution in [3.63, 3.8) is 0 Å². The third-order valence-electron chi connectivity index (χ3n) is 2.58. The Hall–Kier alpha value is -2.13. The maximum Gasteiger partial charge on any atom is 0.407 e. The molecule has 1 rings (SSSR count). The molecule has 0 aliphatic heterocycles. The molecule has 114 valence electrons. The molecular formula is C15H19FN2O3. The van der Waals surface area contributed by atoms with Gasteiger partial charge in [0.05, 0.1) is 18.2 Å². The molecule has 5 nitrogen and oxygen atoms in total. The van der Waals surface area contributed by atoms with Crippen LogP contribution in [0, 0.1) is 17.1 Å². The topological polar surface area (TPSA) is 82.3 Å². The molecule has 1 aromatic carbocycles. The summed E-state index contributed by atoms with van der Waals surface area (Å²) < 4.78 is 18.6. The van der Waals surface area contributed by atoms with Crippen LogP contribution in [-0.2, 0) is 11.2 Å². The number of alkyl carbamates (subject to hydrolysis) is 1. The Bertz CT molecular complexity index is 547. The highest BCUT2D eigenvalue weighted by Gasteiger charge is 2.19. The van der Waals surface area contributed by atoms with Crippen molar-refractivity contribution in [2.45, 2.75) is 38.8 Å². The van der Waals surface area contributed by atoms with Gasteiger partial charge in [-0.3, -0.25) is 0 Å². The van der Waals surface area contributed by atoms with Gasteiger partial charge in [0.1, 0.15) is 17.5 Å². The van der Waals surface area contributed by atoms with E-state index in [0.29, 0.717) is 5.56 Å². The third kappa shape index (κ3) is 5.79. The molecule has 6 heteroatoms. The summed E-state index contributed by atoms with van der Waals surface area (Å²) in [5, 5.41) is 20.5. The first-order valence-corrected chi connectivity index (χ1v) is 6.54. The van der Waals surface area contributed by atoms with Crippen LogP contribution in [0.25, 0.3) is 0 Å². The molecule has 2 N–H and O–H groups in total. The maximum atomic E-state index is 13.5. The Balaban J connectivity index is 2.68. The number of nitriles is 1. The number of nitrogens with one attached hydrogen (secondary N) is 1. The average molecular weight is 294 g/mol. The molecule has 0 saturated carbocycles. The Morgan fingerprint density at radius 2 is 2.19 bits per heavy atom. The molecule has 0 fully saturated rings. The predicted octanol–water partition coefficient (Wildman–Crippen LogP) is 2.13. The minimum Gasteiger partial charge on any atom is -0.444 e. The van der Waals surface area contributed by atoms with Gasteiger partial charge in [-0.25, -0.2) is 9.18 Å². The van der Waals surface area contributed by atoms with Crippen LogP contribution in [-0.4, -0.2) is 29.4 Å². The molecule has 0 unspecified atom stereocenters. The molecule has 0 radical (unpaired) electrons. The van der Waals surface area contributed by atoms with E-state index < -0.39 is 23.6 Å². The summed E-state index contributed by atoms with van der Waals surface area (Å²) in [6, 6.07) is 5.32. The van der Waals surface area contributed by atoms with E-state index in [9.17, 15) is 14.3 Å². The van der Waals surface area contributed by atoms with Crippen LogP contribution < -0.4 is 5.32 Å². The van der Waals surface area contributed by atoms with Crippen LogP contribution in [0.3, 0.4) is 0 Å². The first-order valence-electron chi connectivity index (χ1n) is 6.54. The van der Waals surface area contributed by atoms with Gasteiger partial charge in [0.15, 0.2) is 0 Å². The number of aliphatic hydroxyl groups excluding tert-OH is 1. The number of rotatable bonds is 4. The van der Waals surface area contributed by atoms with Crippen LogP contribution in [0.5, 0.6) is 0 Å². The number of carbonyl (C=O) groups excluding carboxylic acids is 1. The van der Waals surface area contributed by atoms with E-state index in [1.165, 1.54) is 12.1 Å². The molecule has 1 amide bonds. The lowest BCUT2D eigenvalue weighted by Crippen LogP contribution is -2.42. The number of aliphatic hydroxyl groups is 1. The lowest BCUT2D eigenvalue weighted by atomic mass is 10.0. The summed E-state index contributed by atoms with van der Waals surface area (Å²) in [6.45, 7) is 4.89. The predicted molar refractivity (Wildman–Crippen MR) is 75.1 cm³/mol. The van der Waals surface area contributed by atoms with Gasteiger partial charge in [-0.05, 0) is 44.9 Å². The highest BCUT2D eigenvalue weighted by atomic mass is 19.1. The van der Waals surface area contributed by atoms with Gasteiger partial charge in [0, 0.05) is 0 Å². The molecule has 0 aliphatic carbocycles. The van der Waals surface area contributed by atoms with Gasteiger partial charge in [-0.2, -0.15) is 5.26 Å². The fraction of sp³-hybridized carbons (Fsp3) is 0.467. The summed E-state index contributed by atoms with van der Waals surface area (Å²) in [5.41, 5.74) is -0.106. The molecule has 0 aromatic heterocycles. The van der Waals surface area contributed by atoms with Gasteiger partial charge in [0.25, 0.3) is 0 Å². The van der Waals surface area contributed by atoms with Gasteiger partial charge < -0.3 is 15.2 Å². The summed E-state index contributed by atoms with van der Waals surface area (Å²) in [4.78, 5) is 11.6. The van der Waals surface area contributed by atoms with E-state index in [1.54, 1.807) is 32.9 Å². The first-order chi connectivity index (χ1) is 9.75. The van der Waals surface area contributed by atoms with Crippen molar-refractivity contribution in [1.29, 1.82) is 5.26 Å². The fourth-order valence-corrected chi connectivity index (χ4v) is 1.70. The largest absolute Gasteiger partial charge is 0.444 e. The Kier molecular flexibility index (Phi) is 5.68. The zero-order valence-corrected chi connectivity index (χ0v) is 12.3. The molecule has 0 spiro atoms. The van der Waals surface area contributed by atoms with Crippen molar-refractivity contribution in [3.05, 3.63) is 35.1 Å². The Labute approximate surface area is 123 Å². The van der Waals surface area contributed by atoms with Gasteiger partial charge >= 0.3 is 6.09 Å². The molecule has 0 heterocycles. The fourth-order valence-electron chi connectivity index (χ4n) is 1.70. The molecular weight excluding hydrogens is 275 g/mol. The van der Waals surface area contributed by atoms with Crippen LogP contribution in [0.4, 0.5) is 9.18 Å². The molecule has 0 saturated heterocycles. The monoisotopic (exact) mass is 294 g/mol. The highest BCUT2D eigenvalue weighted by molar-refractivity contribution is 5.68. The minimum absolute atomic E-state index is 0.0422. The maximum absolute atomic E-state index is 13.5. The van der Waals surface area contributed by atoms with Crippen molar-refractivity contribution in [3.8, 4) is 6.07 Å². The number of nitrogens with zero attached hydrogens (tertiary/aromatic N) is 1. The van der Waals surface area contributed by atoms with Crippen LogP contribution in [0.1, 0.15) is 31.9 Å². The summed E-state index contributed by atoms with van der Waals surface area (Å²) in [6.07, 6.45) is -0.408. The second-order valence-corrected chi connectivity index (χ2v) is 5.66. The summed E-state index contributed by atoms with van der Waals surface area (Å²) in [7, 11) is 0. The zero-order valence-electron chi connectivity index (χ0n) is 12.3. The number of benzene rings is 1. The quantitative estimate of drug-likeness (QED) is 0.891. The number of carbonyl (C=O) groups is 1. The summed E-state index contributed by atoms with van der Waals surface area (Å²) in [5.74, 6) is -0.621. The van der Waals surface area contributed by atoms with E-state index >= 15 is 0 Å². The summed E-state index contributed by atoms with van der Waals surface area (Å²) >= 11 is 0. The number of amides is 1. The number of ether oxygens (including phenoxy) is 1. The average Bonchev–Trinajstić information content (AvgIpc) is 2.36. The standard InChI is InChI=1S/C15H19FN2O3/c1-15(2,3)21-14(20)18-12(9-19)6-10-4-5-11(8-17)13(16)7-10/h4-5,7,12,19H,6,9H2,1-3H3,(H,18,20)/t12-/m0/s1. The third-order valence-corrected chi connectivity index (χ3v) is 2.58. The van der Waals surface area contributed by atoms with E-state index in [2.05, 4.69) is 5.32 Å². The smallest absolute Gasteiger partial charge is 0.407 e. The zero-order chi connectivity index (χ0) is 16.0. The van der Waals surface area contributed by atoms with E-state index in [0.717, 1.165) is 0 Å². The Morgan fingerprint density at radius 3 is 2.67 bits per heavy atom. The van der Waals surface area contributed by atoms with Crippen LogP contribution in [0.15, 0.2) is 18.2 Å².